The van der Waals surface area contributed by atoms with Gasteiger partial charge in [0, 0.05) is 0 Å². The van der Waals surface area contributed by atoms with Crippen LogP contribution in [0.3, 0.4) is 0 Å². The van der Waals surface area contributed by atoms with Crippen LogP contribution in [0.4, 0.5) is 0 Å². The summed E-state index contributed by atoms with van der Waals surface area (Å²) in [5.41, 5.74) is 0.101. The number of hydrogen-bond donors (Lipinski definition) is 1. The molecule has 2 fully saturated rings. The Labute approximate surface area is 92.1 Å². The van der Waals surface area contributed by atoms with Crippen LogP contribution in [0.5, 0.6) is 0 Å². The van der Waals surface area contributed by atoms with Gasteiger partial charge in [-0.2, -0.15) is 0 Å². The van der Waals surface area contributed by atoms with Crippen LogP contribution in [0.1, 0.15) is 47.0 Å². The van der Waals surface area contributed by atoms with Crippen LogP contribution < -0.4 is 0 Å². The average molecular weight is 210 g/mol. The Balaban J connectivity index is 2.30. The maximum absolute atomic E-state index is 11.3. The zero-order valence-electron chi connectivity index (χ0n) is 10.2. The molecule has 0 heterocycles. The molecule has 0 aromatic carbocycles. The van der Waals surface area contributed by atoms with E-state index in [9.17, 15) is 9.90 Å². The van der Waals surface area contributed by atoms with E-state index in [1.165, 1.54) is 12.8 Å². The van der Waals surface area contributed by atoms with Crippen molar-refractivity contribution in [3.8, 4) is 0 Å². The molecule has 1 spiro atoms. The Hall–Kier alpha value is -0.530. The Morgan fingerprint density at radius 3 is 2.33 bits per heavy atom. The number of aliphatic carboxylic acids is 1. The molecule has 2 heteroatoms. The van der Waals surface area contributed by atoms with E-state index in [0.717, 1.165) is 6.42 Å². The van der Waals surface area contributed by atoms with E-state index in [1.807, 2.05) is 0 Å². The summed E-state index contributed by atoms with van der Waals surface area (Å²) < 4.78 is 0. The third kappa shape index (κ3) is 1.20. The minimum Gasteiger partial charge on any atom is -0.481 e. The predicted molar refractivity (Wildman–Crippen MR) is 59.5 cm³/mol. The maximum Gasteiger partial charge on any atom is 0.307 e. The Bertz CT molecular complexity index is 295. The van der Waals surface area contributed by atoms with Gasteiger partial charge in [0.25, 0.3) is 0 Å². The molecule has 2 aliphatic rings. The molecule has 0 aromatic heterocycles. The van der Waals surface area contributed by atoms with Crippen LogP contribution in [0.2, 0.25) is 0 Å². The lowest BCUT2D eigenvalue weighted by molar-refractivity contribution is -0.140. The predicted octanol–water partition coefficient (Wildman–Crippen LogP) is 3.17. The second kappa shape index (κ2) is 2.99. The van der Waals surface area contributed by atoms with Crippen molar-refractivity contribution in [3.05, 3.63) is 0 Å². The highest BCUT2D eigenvalue weighted by molar-refractivity contribution is 5.77. The molecule has 15 heavy (non-hydrogen) atoms. The number of carbonyl (C=O) groups is 1. The largest absolute Gasteiger partial charge is 0.481 e. The molecule has 0 radical (unpaired) electrons. The molecule has 0 amide bonds. The van der Waals surface area contributed by atoms with E-state index < -0.39 is 5.97 Å². The van der Waals surface area contributed by atoms with Gasteiger partial charge < -0.3 is 5.11 Å². The molecule has 2 nitrogen and oxygen atoms in total. The fourth-order valence-electron chi connectivity index (χ4n) is 4.39. The van der Waals surface area contributed by atoms with E-state index in [2.05, 4.69) is 27.7 Å². The standard InChI is InChI=1S/C13H22O2/c1-8-5-6-9(2)13(7-8)10(11(14)15)12(13,3)4/h8-10H,5-7H2,1-4H3,(H,14,15). The Kier molecular flexibility index (Phi) is 2.19. The number of carboxylic acids is 1. The van der Waals surface area contributed by atoms with Gasteiger partial charge in [0.1, 0.15) is 0 Å². The molecule has 4 unspecified atom stereocenters. The fraction of sp³-hybridized carbons (Fsp3) is 0.923. The third-order valence-electron chi connectivity index (χ3n) is 5.26. The van der Waals surface area contributed by atoms with Gasteiger partial charge in [0.2, 0.25) is 0 Å². The zero-order chi connectivity index (χ0) is 11.4. The lowest BCUT2D eigenvalue weighted by atomic mass is 9.69. The van der Waals surface area contributed by atoms with Gasteiger partial charge in [-0.3, -0.25) is 4.79 Å². The molecular weight excluding hydrogens is 188 g/mol. The van der Waals surface area contributed by atoms with Crippen molar-refractivity contribution in [1.82, 2.24) is 0 Å². The first-order valence-corrected chi connectivity index (χ1v) is 6.07. The summed E-state index contributed by atoms with van der Waals surface area (Å²) >= 11 is 0. The fourth-order valence-corrected chi connectivity index (χ4v) is 4.39. The zero-order valence-corrected chi connectivity index (χ0v) is 10.2. The van der Waals surface area contributed by atoms with Crippen LogP contribution in [0, 0.1) is 28.6 Å². The molecule has 1 N–H and O–H groups in total. The lowest BCUT2D eigenvalue weighted by Gasteiger charge is -2.36. The molecule has 0 aromatic rings. The van der Waals surface area contributed by atoms with E-state index in [4.69, 9.17) is 0 Å². The Morgan fingerprint density at radius 1 is 1.27 bits per heavy atom. The van der Waals surface area contributed by atoms with Gasteiger partial charge in [-0.05, 0) is 35.5 Å². The van der Waals surface area contributed by atoms with Gasteiger partial charge in [-0.25, -0.2) is 0 Å². The van der Waals surface area contributed by atoms with Crippen molar-refractivity contribution >= 4 is 5.97 Å². The molecule has 86 valence electrons. The Morgan fingerprint density at radius 2 is 1.87 bits per heavy atom. The summed E-state index contributed by atoms with van der Waals surface area (Å²) in [6.07, 6.45) is 3.58. The second-order valence-corrected chi connectivity index (χ2v) is 6.32. The van der Waals surface area contributed by atoms with Gasteiger partial charge >= 0.3 is 5.97 Å². The topological polar surface area (TPSA) is 37.3 Å². The van der Waals surface area contributed by atoms with Crippen LogP contribution in [-0.2, 0) is 4.79 Å². The SMILES string of the molecule is CC1CCC(C)C2(C1)C(C(=O)O)C2(C)C. The van der Waals surface area contributed by atoms with Crippen molar-refractivity contribution in [2.45, 2.75) is 47.0 Å². The first kappa shape index (κ1) is 11.0. The summed E-state index contributed by atoms with van der Waals surface area (Å²) in [6, 6.07) is 0. The van der Waals surface area contributed by atoms with Crippen molar-refractivity contribution in [2.75, 3.05) is 0 Å². The van der Waals surface area contributed by atoms with Gasteiger partial charge in [0.15, 0.2) is 0 Å². The average Bonchev–Trinajstić information content (AvgIpc) is 2.57. The molecule has 2 aliphatic carbocycles. The summed E-state index contributed by atoms with van der Waals surface area (Å²) in [6.45, 7) is 8.79. The molecule has 2 rings (SSSR count). The third-order valence-corrected chi connectivity index (χ3v) is 5.26. The van der Waals surface area contributed by atoms with Crippen LogP contribution in [0.15, 0.2) is 0 Å². The number of carboxylic acid groups (broad SMARTS) is 1. The van der Waals surface area contributed by atoms with Crippen LogP contribution >= 0.6 is 0 Å². The molecule has 0 aliphatic heterocycles. The monoisotopic (exact) mass is 210 g/mol. The second-order valence-electron chi connectivity index (χ2n) is 6.32. The van der Waals surface area contributed by atoms with E-state index >= 15 is 0 Å². The maximum atomic E-state index is 11.3. The highest BCUT2D eigenvalue weighted by atomic mass is 16.4. The number of rotatable bonds is 1. The summed E-state index contributed by atoms with van der Waals surface area (Å²) in [4.78, 5) is 11.3. The van der Waals surface area contributed by atoms with Crippen LogP contribution in [0.25, 0.3) is 0 Å². The molecule has 0 saturated heterocycles. The number of hydrogen-bond acceptors (Lipinski definition) is 1. The minimum absolute atomic E-state index is 0.00687. The first-order chi connectivity index (χ1) is 6.84. The van der Waals surface area contributed by atoms with Crippen LogP contribution in [-0.4, -0.2) is 11.1 Å². The highest BCUT2D eigenvalue weighted by Gasteiger charge is 2.76. The van der Waals surface area contributed by atoms with Crippen molar-refractivity contribution < 1.29 is 9.90 Å². The van der Waals surface area contributed by atoms with Crippen molar-refractivity contribution in [1.29, 1.82) is 0 Å². The summed E-state index contributed by atoms with van der Waals surface area (Å²) in [5.74, 6) is 0.582. The highest BCUT2D eigenvalue weighted by Crippen LogP contribution is 2.76. The van der Waals surface area contributed by atoms with E-state index in [0.29, 0.717) is 11.8 Å². The van der Waals surface area contributed by atoms with Crippen molar-refractivity contribution in [2.24, 2.45) is 28.6 Å². The molecule has 2 saturated carbocycles. The molecule has 0 bridgehead atoms. The molecule has 4 atom stereocenters. The minimum atomic E-state index is -0.582. The normalized spacial score (nSPS) is 47.9. The summed E-state index contributed by atoms with van der Waals surface area (Å²) in [7, 11) is 0. The van der Waals surface area contributed by atoms with E-state index in [1.54, 1.807) is 0 Å². The van der Waals surface area contributed by atoms with Crippen molar-refractivity contribution in [3.63, 3.8) is 0 Å². The quantitative estimate of drug-likeness (QED) is 0.721. The molecular formula is C13H22O2. The van der Waals surface area contributed by atoms with Gasteiger partial charge in [-0.15, -0.1) is 0 Å². The first-order valence-electron chi connectivity index (χ1n) is 6.07. The summed E-state index contributed by atoms with van der Waals surface area (Å²) in [5, 5.41) is 9.31. The smallest absolute Gasteiger partial charge is 0.307 e. The van der Waals surface area contributed by atoms with E-state index in [-0.39, 0.29) is 16.7 Å². The van der Waals surface area contributed by atoms with Gasteiger partial charge in [0.05, 0.1) is 5.92 Å². The van der Waals surface area contributed by atoms with Gasteiger partial charge in [-0.1, -0.05) is 34.1 Å². The lowest BCUT2D eigenvalue weighted by Crippen LogP contribution is -2.28.